The molecule has 6 heteroatoms. The van der Waals surface area contributed by atoms with E-state index in [1.165, 1.54) is 0 Å². The molecule has 1 amide bonds. The van der Waals surface area contributed by atoms with E-state index in [-0.39, 0.29) is 18.3 Å². The molecule has 0 bridgehead atoms. The minimum absolute atomic E-state index is 0.191. The fourth-order valence-corrected chi connectivity index (χ4v) is 1.64. The zero-order chi connectivity index (χ0) is 14.4. The lowest BCUT2D eigenvalue weighted by molar-refractivity contribution is -0.117. The fraction of sp³-hybridized carbons (Fsp3) is 0.538. The number of furan rings is 1. The summed E-state index contributed by atoms with van der Waals surface area (Å²) in [4.78, 5) is 13.7. The molecule has 6 nitrogen and oxygen atoms in total. The van der Waals surface area contributed by atoms with Crippen LogP contribution in [0, 0.1) is 25.2 Å². The molecular weight excluding hydrogens is 244 g/mol. The van der Waals surface area contributed by atoms with E-state index in [2.05, 4.69) is 10.6 Å². The summed E-state index contributed by atoms with van der Waals surface area (Å²) in [5.41, 5.74) is 1.16. The first kappa shape index (κ1) is 15.2. The molecular formula is C13H20N4O2. The molecule has 0 spiro atoms. The van der Waals surface area contributed by atoms with Crippen LogP contribution >= 0.6 is 0 Å². The molecule has 1 heterocycles. The molecule has 1 aromatic rings. The molecule has 0 aliphatic carbocycles. The molecule has 0 radical (unpaired) electrons. The number of amides is 1. The number of carbonyl (C=O) groups excluding carboxylic acids is 1. The molecule has 0 fully saturated rings. The summed E-state index contributed by atoms with van der Waals surface area (Å²) >= 11 is 0. The maximum atomic E-state index is 11.8. The SMILES string of the molecule is CNCCN(C)CC(=O)Nc1oc(C)c(C)c1C#N. The predicted octanol–water partition coefficient (Wildman–Crippen LogP) is 0.858. The van der Waals surface area contributed by atoms with Crippen LogP contribution in [0.15, 0.2) is 4.42 Å². The Kier molecular flexibility index (Phi) is 5.55. The first-order chi connectivity index (χ1) is 8.99. The van der Waals surface area contributed by atoms with Crippen LogP contribution in [0.5, 0.6) is 0 Å². The van der Waals surface area contributed by atoms with Gasteiger partial charge in [-0.1, -0.05) is 0 Å². The van der Waals surface area contributed by atoms with Crippen molar-refractivity contribution in [3.63, 3.8) is 0 Å². The van der Waals surface area contributed by atoms with Crippen molar-refractivity contribution in [2.45, 2.75) is 13.8 Å². The van der Waals surface area contributed by atoms with Crippen LogP contribution in [0.1, 0.15) is 16.9 Å². The Balaban J connectivity index is 2.63. The molecule has 0 unspecified atom stereocenters. The third-order valence-electron chi connectivity index (χ3n) is 2.91. The smallest absolute Gasteiger partial charge is 0.240 e. The molecule has 0 saturated carbocycles. The molecule has 0 aromatic carbocycles. The van der Waals surface area contributed by atoms with Crippen molar-refractivity contribution in [3.05, 3.63) is 16.9 Å². The van der Waals surface area contributed by atoms with Gasteiger partial charge in [0, 0.05) is 18.7 Å². The molecule has 1 rings (SSSR count). The van der Waals surface area contributed by atoms with E-state index in [0.29, 0.717) is 11.3 Å². The van der Waals surface area contributed by atoms with Gasteiger partial charge in [0.05, 0.1) is 6.54 Å². The van der Waals surface area contributed by atoms with Gasteiger partial charge in [-0.15, -0.1) is 0 Å². The quantitative estimate of drug-likeness (QED) is 0.796. The van der Waals surface area contributed by atoms with Crippen LogP contribution in [-0.2, 0) is 4.79 Å². The van der Waals surface area contributed by atoms with Gasteiger partial charge in [-0.05, 0) is 27.9 Å². The summed E-state index contributed by atoms with van der Waals surface area (Å²) in [7, 11) is 3.72. The van der Waals surface area contributed by atoms with Crippen LogP contribution in [0.25, 0.3) is 0 Å². The number of aryl methyl sites for hydroxylation is 1. The highest BCUT2D eigenvalue weighted by atomic mass is 16.4. The second kappa shape index (κ2) is 6.92. The Morgan fingerprint density at radius 1 is 1.47 bits per heavy atom. The minimum atomic E-state index is -0.191. The lowest BCUT2D eigenvalue weighted by Gasteiger charge is -2.15. The predicted molar refractivity (Wildman–Crippen MR) is 73.0 cm³/mol. The largest absolute Gasteiger partial charge is 0.444 e. The maximum Gasteiger partial charge on any atom is 0.240 e. The highest BCUT2D eigenvalue weighted by Gasteiger charge is 2.17. The lowest BCUT2D eigenvalue weighted by atomic mass is 10.2. The zero-order valence-corrected chi connectivity index (χ0v) is 11.8. The Labute approximate surface area is 113 Å². The standard InChI is InChI=1S/C13H20N4O2/c1-9-10(2)19-13(11(9)7-14)16-12(18)8-17(4)6-5-15-3/h15H,5-6,8H2,1-4H3,(H,16,18). The second-order valence-electron chi connectivity index (χ2n) is 4.49. The Morgan fingerprint density at radius 2 is 2.16 bits per heavy atom. The van der Waals surface area contributed by atoms with Crippen molar-refractivity contribution in [2.24, 2.45) is 0 Å². The first-order valence-electron chi connectivity index (χ1n) is 6.12. The molecule has 0 aliphatic rings. The summed E-state index contributed by atoms with van der Waals surface area (Å²) in [6, 6.07) is 2.05. The summed E-state index contributed by atoms with van der Waals surface area (Å²) in [5.74, 6) is 0.698. The number of rotatable bonds is 6. The Hall–Kier alpha value is -1.84. The van der Waals surface area contributed by atoms with Crippen molar-refractivity contribution in [1.29, 1.82) is 5.26 Å². The van der Waals surface area contributed by atoms with Gasteiger partial charge in [-0.3, -0.25) is 15.0 Å². The summed E-state index contributed by atoms with van der Waals surface area (Å²) in [6.45, 7) is 5.40. The van der Waals surface area contributed by atoms with Gasteiger partial charge in [0.15, 0.2) is 0 Å². The van der Waals surface area contributed by atoms with E-state index in [1.54, 1.807) is 13.8 Å². The van der Waals surface area contributed by atoms with E-state index in [0.717, 1.165) is 18.7 Å². The van der Waals surface area contributed by atoms with E-state index in [1.807, 2.05) is 25.1 Å². The molecule has 2 N–H and O–H groups in total. The van der Waals surface area contributed by atoms with E-state index >= 15 is 0 Å². The highest BCUT2D eigenvalue weighted by molar-refractivity contribution is 5.92. The van der Waals surface area contributed by atoms with Gasteiger partial charge in [-0.2, -0.15) is 5.26 Å². The van der Waals surface area contributed by atoms with E-state index in [9.17, 15) is 4.79 Å². The van der Waals surface area contributed by atoms with Crippen molar-refractivity contribution in [1.82, 2.24) is 10.2 Å². The number of nitrogens with zero attached hydrogens (tertiary/aromatic N) is 2. The van der Waals surface area contributed by atoms with Crippen molar-refractivity contribution in [3.8, 4) is 6.07 Å². The van der Waals surface area contributed by atoms with E-state index in [4.69, 9.17) is 9.68 Å². The average molecular weight is 264 g/mol. The van der Waals surface area contributed by atoms with Crippen LogP contribution < -0.4 is 10.6 Å². The van der Waals surface area contributed by atoms with Crippen LogP contribution in [0.4, 0.5) is 5.88 Å². The van der Waals surface area contributed by atoms with Crippen LogP contribution in [0.2, 0.25) is 0 Å². The van der Waals surface area contributed by atoms with Gasteiger partial charge in [0.2, 0.25) is 11.8 Å². The summed E-state index contributed by atoms with van der Waals surface area (Å²) < 4.78 is 5.38. The van der Waals surface area contributed by atoms with Gasteiger partial charge in [-0.25, -0.2) is 0 Å². The van der Waals surface area contributed by atoms with Crippen molar-refractivity contribution >= 4 is 11.8 Å². The molecule has 104 valence electrons. The highest BCUT2D eigenvalue weighted by Crippen LogP contribution is 2.25. The molecule has 19 heavy (non-hydrogen) atoms. The normalized spacial score (nSPS) is 10.5. The van der Waals surface area contributed by atoms with Gasteiger partial charge >= 0.3 is 0 Å². The average Bonchev–Trinajstić information content (AvgIpc) is 2.61. The van der Waals surface area contributed by atoms with Crippen molar-refractivity contribution < 1.29 is 9.21 Å². The molecule has 0 saturated heterocycles. The van der Waals surface area contributed by atoms with E-state index < -0.39 is 0 Å². The minimum Gasteiger partial charge on any atom is -0.444 e. The molecule has 1 aromatic heterocycles. The van der Waals surface area contributed by atoms with Gasteiger partial charge < -0.3 is 9.73 Å². The van der Waals surface area contributed by atoms with Crippen LogP contribution in [-0.4, -0.2) is 44.5 Å². The molecule has 0 atom stereocenters. The number of carbonyl (C=O) groups is 1. The number of anilines is 1. The number of hydrogen-bond acceptors (Lipinski definition) is 5. The monoisotopic (exact) mass is 264 g/mol. The summed E-state index contributed by atoms with van der Waals surface area (Å²) in [6.07, 6.45) is 0. The zero-order valence-electron chi connectivity index (χ0n) is 11.8. The third kappa shape index (κ3) is 4.09. The van der Waals surface area contributed by atoms with Crippen LogP contribution in [0.3, 0.4) is 0 Å². The van der Waals surface area contributed by atoms with Crippen molar-refractivity contribution in [2.75, 3.05) is 39.0 Å². The lowest BCUT2D eigenvalue weighted by Crippen LogP contribution is -2.34. The number of hydrogen-bond donors (Lipinski definition) is 2. The fourth-order valence-electron chi connectivity index (χ4n) is 1.64. The Morgan fingerprint density at radius 3 is 2.74 bits per heavy atom. The number of nitriles is 1. The van der Waals surface area contributed by atoms with Gasteiger partial charge in [0.1, 0.15) is 17.4 Å². The maximum absolute atomic E-state index is 11.8. The second-order valence-corrected chi connectivity index (χ2v) is 4.49. The number of nitrogens with one attached hydrogen (secondary N) is 2. The third-order valence-corrected chi connectivity index (χ3v) is 2.91. The Bertz CT molecular complexity index is 488. The number of likely N-dealkylation sites (N-methyl/N-ethyl adjacent to an activating group) is 2. The topological polar surface area (TPSA) is 81.3 Å². The molecule has 0 aliphatic heterocycles. The van der Waals surface area contributed by atoms with Gasteiger partial charge in [0.25, 0.3) is 0 Å². The summed E-state index contributed by atoms with van der Waals surface area (Å²) in [5, 5.41) is 14.7. The first-order valence-corrected chi connectivity index (χ1v) is 6.12.